The van der Waals surface area contributed by atoms with Crippen LogP contribution in [0.2, 0.25) is 0 Å². The number of fused-ring (bicyclic) bond motifs is 3. The van der Waals surface area contributed by atoms with Crippen molar-refractivity contribution in [2.45, 2.75) is 25.6 Å². The van der Waals surface area contributed by atoms with Gasteiger partial charge in [0.25, 0.3) is 0 Å². The van der Waals surface area contributed by atoms with Crippen LogP contribution in [0.1, 0.15) is 41.6 Å². The highest BCUT2D eigenvalue weighted by molar-refractivity contribution is 7.12. The minimum absolute atomic E-state index is 0.0747. The van der Waals surface area contributed by atoms with Gasteiger partial charge in [0, 0.05) is 17.5 Å². The molecule has 1 aromatic heterocycles. The molecule has 0 saturated heterocycles. The SMILES string of the molecule is CCOc1cccc2c1O[C@@H](c1ccc(F)c(F)c1)N1N=C(c3cccs3)C[C@H]21. The largest absolute Gasteiger partial charge is 0.490 e. The van der Waals surface area contributed by atoms with E-state index in [0.717, 1.165) is 22.2 Å². The second-order valence-electron chi connectivity index (χ2n) is 6.88. The number of hydrogen-bond donors (Lipinski definition) is 0. The number of para-hydroxylation sites is 1. The molecule has 0 unspecified atom stereocenters. The number of nitrogens with zero attached hydrogens (tertiary/aromatic N) is 2. The summed E-state index contributed by atoms with van der Waals surface area (Å²) in [6.07, 6.45) is 0.0220. The fourth-order valence-electron chi connectivity index (χ4n) is 3.83. The van der Waals surface area contributed by atoms with E-state index in [0.29, 0.717) is 30.1 Å². The second kappa shape index (κ2) is 7.15. The molecule has 0 N–H and O–H groups in total. The highest BCUT2D eigenvalue weighted by Crippen LogP contribution is 2.51. The minimum atomic E-state index is -0.909. The Balaban J connectivity index is 1.63. The molecule has 0 spiro atoms. The van der Waals surface area contributed by atoms with E-state index in [9.17, 15) is 8.78 Å². The molecule has 29 heavy (non-hydrogen) atoms. The van der Waals surface area contributed by atoms with E-state index in [1.54, 1.807) is 11.3 Å². The lowest BCUT2D eigenvalue weighted by molar-refractivity contribution is -0.0214. The van der Waals surface area contributed by atoms with E-state index >= 15 is 0 Å². The van der Waals surface area contributed by atoms with E-state index in [1.165, 1.54) is 12.1 Å². The molecule has 0 amide bonds. The zero-order valence-corrected chi connectivity index (χ0v) is 16.5. The van der Waals surface area contributed by atoms with Gasteiger partial charge in [-0.15, -0.1) is 11.3 Å². The van der Waals surface area contributed by atoms with Crippen LogP contribution in [0.3, 0.4) is 0 Å². The topological polar surface area (TPSA) is 34.1 Å². The highest BCUT2D eigenvalue weighted by Gasteiger charge is 2.42. The van der Waals surface area contributed by atoms with Gasteiger partial charge in [-0.1, -0.05) is 24.3 Å². The molecule has 148 valence electrons. The Morgan fingerprint density at radius 2 is 2.07 bits per heavy atom. The Morgan fingerprint density at radius 3 is 2.83 bits per heavy atom. The van der Waals surface area contributed by atoms with Crippen LogP contribution in [0.4, 0.5) is 8.78 Å². The molecule has 0 fully saturated rings. The molecule has 0 aliphatic carbocycles. The summed E-state index contributed by atoms with van der Waals surface area (Å²) in [5.74, 6) is -0.524. The number of rotatable bonds is 4. The third kappa shape index (κ3) is 3.06. The van der Waals surface area contributed by atoms with E-state index in [-0.39, 0.29) is 6.04 Å². The van der Waals surface area contributed by atoms with E-state index in [2.05, 4.69) is 0 Å². The van der Waals surface area contributed by atoms with Crippen molar-refractivity contribution in [1.82, 2.24) is 5.01 Å². The molecule has 2 aliphatic heterocycles. The molecule has 3 heterocycles. The molecular formula is C22H18F2N2O2S. The molecule has 0 saturated carbocycles. The van der Waals surface area contributed by atoms with Crippen molar-refractivity contribution >= 4 is 17.0 Å². The van der Waals surface area contributed by atoms with Crippen LogP contribution in [0.5, 0.6) is 11.5 Å². The van der Waals surface area contributed by atoms with Gasteiger partial charge in [0.05, 0.1) is 23.2 Å². The Labute approximate surface area is 171 Å². The first kappa shape index (κ1) is 18.1. The molecule has 0 radical (unpaired) electrons. The number of thiophene rings is 1. The highest BCUT2D eigenvalue weighted by atomic mass is 32.1. The monoisotopic (exact) mass is 412 g/mol. The van der Waals surface area contributed by atoms with Gasteiger partial charge in [-0.25, -0.2) is 13.8 Å². The van der Waals surface area contributed by atoms with E-state index in [4.69, 9.17) is 14.6 Å². The standard InChI is InChI=1S/C22H18F2N2O2S/c1-2-27-19-6-3-5-14-18-12-17(20-7-4-10-29-20)25-26(18)22(28-21(14)19)13-8-9-15(23)16(24)11-13/h3-11,18,22H,2,12H2,1H3/t18-,22+/m1/s1. The molecule has 2 atom stereocenters. The number of hydrogen-bond acceptors (Lipinski definition) is 5. The van der Waals surface area contributed by atoms with Crippen LogP contribution in [-0.2, 0) is 0 Å². The average molecular weight is 412 g/mol. The summed E-state index contributed by atoms with van der Waals surface area (Å²) in [4.78, 5) is 1.09. The Kier molecular flexibility index (Phi) is 4.47. The smallest absolute Gasteiger partial charge is 0.214 e. The summed E-state index contributed by atoms with van der Waals surface area (Å²) in [5, 5.41) is 8.68. The lowest BCUT2D eigenvalue weighted by Crippen LogP contribution is -2.34. The first-order valence-electron chi connectivity index (χ1n) is 9.42. The summed E-state index contributed by atoms with van der Waals surface area (Å²) in [5.41, 5.74) is 2.43. The van der Waals surface area contributed by atoms with Crippen LogP contribution < -0.4 is 9.47 Å². The lowest BCUT2D eigenvalue weighted by atomic mass is 9.97. The van der Waals surface area contributed by atoms with Crippen molar-refractivity contribution < 1.29 is 18.3 Å². The van der Waals surface area contributed by atoms with Crippen molar-refractivity contribution in [3.63, 3.8) is 0 Å². The molecule has 2 aliphatic rings. The van der Waals surface area contributed by atoms with Gasteiger partial charge < -0.3 is 9.47 Å². The van der Waals surface area contributed by atoms with Crippen LogP contribution in [-0.4, -0.2) is 17.3 Å². The van der Waals surface area contributed by atoms with Crippen molar-refractivity contribution in [3.8, 4) is 11.5 Å². The third-order valence-electron chi connectivity index (χ3n) is 5.11. The fraction of sp³-hybridized carbons (Fsp3) is 0.227. The van der Waals surface area contributed by atoms with Crippen molar-refractivity contribution in [1.29, 1.82) is 0 Å². The predicted octanol–water partition coefficient (Wildman–Crippen LogP) is 5.67. The molecule has 2 aromatic carbocycles. The number of halogens is 2. The molecule has 4 nitrogen and oxygen atoms in total. The zero-order valence-electron chi connectivity index (χ0n) is 15.6. The maximum atomic E-state index is 14.0. The summed E-state index contributed by atoms with van der Waals surface area (Å²) >= 11 is 1.63. The maximum absolute atomic E-state index is 14.0. The number of benzene rings is 2. The van der Waals surface area contributed by atoms with Gasteiger partial charge in [-0.05, 0) is 36.6 Å². The normalized spacial score (nSPS) is 20.0. The predicted molar refractivity (Wildman–Crippen MR) is 107 cm³/mol. The van der Waals surface area contributed by atoms with Crippen LogP contribution in [0, 0.1) is 11.6 Å². The van der Waals surface area contributed by atoms with E-state index in [1.807, 2.05) is 47.6 Å². The van der Waals surface area contributed by atoms with Gasteiger partial charge in [0.2, 0.25) is 6.23 Å². The van der Waals surface area contributed by atoms with Crippen molar-refractivity contribution in [3.05, 3.63) is 81.5 Å². The maximum Gasteiger partial charge on any atom is 0.214 e. The van der Waals surface area contributed by atoms with Gasteiger partial charge >= 0.3 is 0 Å². The second-order valence-corrected chi connectivity index (χ2v) is 7.82. The number of hydrazone groups is 1. The summed E-state index contributed by atoms with van der Waals surface area (Å²) in [6.45, 7) is 2.41. The van der Waals surface area contributed by atoms with Crippen molar-refractivity contribution in [2.75, 3.05) is 6.61 Å². The van der Waals surface area contributed by atoms with Crippen molar-refractivity contribution in [2.24, 2.45) is 5.10 Å². The van der Waals surface area contributed by atoms with Gasteiger partial charge in [-0.2, -0.15) is 5.10 Å². The summed E-state index contributed by atoms with van der Waals surface area (Å²) in [7, 11) is 0. The fourth-order valence-corrected chi connectivity index (χ4v) is 4.55. The summed E-state index contributed by atoms with van der Waals surface area (Å²) in [6, 6.07) is 13.6. The Hall–Kier alpha value is -2.93. The third-order valence-corrected chi connectivity index (χ3v) is 6.03. The van der Waals surface area contributed by atoms with Gasteiger partial charge in [0.1, 0.15) is 0 Å². The van der Waals surface area contributed by atoms with Gasteiger partial charge in [0.15, 0.2) is 23.1 Å². The Bertz CT molecular complexity index is 1080. The summed E-state index contributed by atoms with van der Waals surface area (Å²) < 4.78 is 39.5. The van der Waals surface area contributed by atoms with Crippen LogP contribution >= 0.6 is 11.3 Å². The number of ether oxygens (including phenoxy) is 2. The van der Waals surface area contributed by atoms with Crippen LogP contribution in [0.15, 0.2) is 59.0 Å². The Morgan fingerprint density at radius 1 is 1.17 bits per heavy atom. The first-order chi connectivity index (χ1) is 14.2. The van der Waals surface area contributed by atoms with Crippen LogP contribution in [0.25, 0.3) is 0 Å². The first-order valence-corrected chi connectivity index (χ1v) is 10.3. The minimum Gasteiger partial charge on any atom is -0.490 e. The molecular weight excluding hydrogens is 394 g/mol. The quantitative estimate of drug-likeness (QED) is 0.554. The molecule has 3 aromatic rings. The van der Waals surface area contributed by atoms with Gasteiger partial charge in [-0.3, -0.25) is 0 Å². The lowest BCUT2D eigenvalue weighted by Gasteiger charge is -2.38. The average Bonchev–Trinajstić information content (AvgIpc) is 3.40. The van der Waals surface area contributed by atoms with E-state index < -0.39 is 17.9 Å². The molecule has 7 heteroatoms. The molecule has 5 rings (SSSR count). The molecule has 0 bridgehead atoms. The zero-order chi connectivity index (χ0) is 20.0.